The minimum absolute atomic E-state index is 0.609. The van der Waals surface area contributed by atoms with Crippen molar-refractivity contribution in [2.24, 2.45) is 5.92 Å². The summed E-state index contributed by atoms with van der Waals surface area (Å²) < 4.78 is 25.8. The summed E-state index contributed by atoms with van der Waals surface area (Å²) in [5, 5.41) is 0. The van der Waals surface area contributed by atoms with Crippen molar-refractivity contribution in [3.05, 3.63) is 35.4 Å². The minimum Gasteiger partial charge on any atom is -0.299 e. The topological polar surface area (TPSA) is 3.24 Å². The number of piperidine rings is 1. The van der Waals surface area contributed by atoms with Crippen molar-refractivity contribution in [3.63, 3.8) is 0 Å². The molecule has 1 heterocycles. The molecule has 0 spiro atoms. The van der Waals surface area contributed by atoms with Crippen LogP contribution in [0.1, 0.15) is 18.4 Å². The van der Waals surface area contributed by atoms with E-state index in [0.29, 0.717) is 12.5 Å². The highest BCUT2D eigenvalue weighted by molar-refractivity contribution is 6.18. The molecular weight excluding hydrogens is 244 g/mol. The number of alkyl halides is 1. The van der Waals surface area contributed by atoms with E-state index in [1.54, 1.807) is 6.07 Å². The molecule has 0 aromatic heterocycles. The first-order chi connectivity index (χ1) is 8.19. The molecule has 1 aromatic rings. The summed E-state index contributed by atoms with van der Waals surface area (Å²) in [6, 6.07) is 4.12. The highest BCUT2D eigenvalue weighted by Gasteiger charge is 2.18. The molecule has 0 saturated carbocycles. The Morgan fingerprint density at radius 1 is 1.18 bits per heavy atom. The van der Waals surface area contributed by atoms with Crippen LogP contribution < -0.4 is 0 Å². The zero-order valence-electron chi connectivity index (χ0n) is 9.63. The van der Waals surface area contributed by atoms with Gasteiger partial charge in [-0.2, -0.15) is 0 Å². The van der Waals surface area contributed by atoms with Crippen LogP contribution in [0.3, 0.4) is 0 Å². The van der Waals surface area contributed by atoms with Gasteiger partial charge in [0.2, 0.25) is 0 Å². The van der Waals surface area contributed by atoms with Crippen LogP contribution >= 0.6 is 11.6 Å². The number of hydrogen-bond acceptors (Lipinski definition) is 1. The summed E-state index contributed by atoms with van der Waals surface area (Å²) >= 11 is 5.82. The van der Waals surface area contributed by atoms with Crippen LogP contribution in [0.4, 0.5) is 8.78 Å². The van der Waals surface area contributed by atoms with Crippen LogP contribution in [-0.2, 0) is 6.54 Å². The van der Waals surface area contributed by atoms with Crippen molar-refractivity contribution in [3.8, 4) is 0 Å². The van der Waals surface area contributed by atoms with Crippen LogP contribution in [0, 0.1) is 17.6 Å². The Morgan fingerprint density at radius 3 is 2.47 bits per heavy atom. The van der Waals surface area contributed by atoms with Crippen molar-refractivity contribution in [1.29, 1.82) is 0 Å². The van der Waals surface area contributed by atoms with Crippen molar-refractivity contribution in [1.82, 2.24) is 4.90 Å². The van der Waals surface area contributed by atoms with E-state index in [9.17, 15) is 8.78 Å². The molecule has 0 radical (unpaired) electrons. The first-order valence-electron chi connectivity index (χ1n) is 5.91. The second kappa shape index (κ2) is 5.78. The smallest absolute Gasteiger partial charge is 0.159 e. The molecule has 1 nitrogen and oxygen atoms in total. The number of likely N-dealkylation sites (tertiary alicyclic amines) is 1. The molecule has 17 heavy (non-hydrogen) atoms. The Morgan fingerprint density at radius 2 is 1.88 bits per heavy atom. The van der Waals surface area contributed by atoms with E-state index in [2.05, 4.69) is 4.90 Å². The first kappa shape index (κ1) is 12.8. The van der Waals surface area contributed by atoms with E-state index in [-0.39, 0.29) is 0 Å². The molecule has 0 amide bonds. The van der Waals surface area contributed by atoms with Gasteiger partial charge in [-0.25, -0.2) is 8.78 Å². The second-order valence-electron chi connectivity index (χ2n) is 4.62. The van der Waals surface area contributed by atoms with Crippen molar-refractivity contribution in [2.45, 2.75) is 19.4 Å². The van der Waals surface area contributed by atoms with Crippen LogP contribution in [0.25, 0.3) is 0 Å². The molecule has 0 aliphatic carbocycles. The van der Waals surface area contributed by atoms with Gasteiger partial charge in [0, 0.05) is 12.4 Å². The predicted molar refractivity (Wildman–Crippen MR) is 65.1 cm³/mol. The lowest BCUT2D eigenvalue weighted by Crippen LogP contribution is -2.33. The number of nitrogens with zero attached hydrogens (tertiary/aromatic N) is 1. The van der Waals surface area contributed by atoms with Gasteiger partial charge in [-0.3, -0.25) is 4.90 Å². The summed E-state index contributed by atoms with van der Waals surface area (Å²) in [6.45, 7) is 2.65. The standard InChI is InChI=1S/C13H16ClF2N/c14-8-10-3-5-17(6-4-10)9-11-1-2-12(15)13(16)7-11/h1-2,7,10H,3-6,8-9H2. The van der Waals surface area contributed by atoms with E-state index in [4.69, 9.17) is 11.6 Å². The zero-order chi connectivity index (χ0) is 12.3. The van der Waals surface area contributed by atoms with E-state index in [0.717, 1.165) is 37.4 Å². The zero-order valence-corrected chi connectivity index (χ0v) is 10.4. The predicted octanol–water partition coefficient (Wildman–Crippen LogP) is 3.42. The first-order valence-corrected chi connectivity index (χ1v) is 6.44. The third kappa shape index (κ3) is 3.39. The molecule has 0 N–H and O–H groups in total. The Kier molecular flexibility index (Phi) is 4.35. The maximum absolute atomic E-state index is 13.0. The number of halogens is 3. The van der Waals surface area contributed by atoms with Gasteiger partial charge < -0.3 is 0 Å². The lowest BCUT2D eigenvalue weighted by molar-refractivity contribution is 0.186. The molecule has 0 unspecified atom stereocenters. The molecule has 4 heteroatoms. The number of rotatable bonds is 3. The Labute approximate surface area is 105 Å². The average molecular weight is 260 g/mol. The summed E-state index contributed by atoms with van der Waals surface area (Å²) in [4.78, 5) is 2.26. The van der Waals surface area contributed by atoms with Gasteiger partial charge in [-0.1, -0.05) is 6.07 Å². The normalized spacial score (nSPS) is 18.5. The molecule has 1 aromatic carbocycles. The third-order valence-electron chi connectivity index (χ3n) is 3.32. The summed E-state index contributed by atoms with van der Waals surface area (Å²) in [6.07, 6.45) is 2.18. The SMILES string of the molecule is Fc1ccc(CN2CCC(CCl)CC2)cc1F. The van der Waals surface area contributed by atoms with Crippen molar-refractivity contribution in [2.75, 3.05) is 19.0 Å². The van der Waals surface area contributed by atoms with Crippen LogP contribution in [0.5, 0.6) is 0 Å². The van der Waals surface area contributed by atoms with E-state index in [1.165, 1.54) is 12.1 Å². The van der Waals surface area contributed by atoms with E-state index in [1.807, 2.05) is 0 Å². The highest BCUT2D eigenvalue weighted by Crippen LogP contribution is 2.20. The van der Waals surface area contributed by atoms with Crippen LogP contribution in [0.15, 0.2) is 18.2 Å². The quantitative estimate of drug-likeness (QED) is 0.752. The lowest BCUT2D eigenvalue weighted by Gasteiger charge is -2.31. The molecule has 1 aliphatic rings. The molecule has 94 valence electrons. The van der Waals surface area contributed by atoms with Gasteiger partial charge in [-0.15, -0.1) is 11.6 Å². The second-order valence-corrected chi connectivity index (χ2v) is 4.93. The van der Waals surface area contributed by atoms with Gasteiger partial charge >= 0.3 is 0 Å². The maximum atomic E-state index is 13.0. The molecule has 1 saturated heterocycles. The highest BCUT2D eigenvalue weighted by atomic mass is 35.5. The average Bonchev–Trinajstić information content (AvgIpc) is 2.35. The third-order valence-corrected chi connectivity index (χ3v) is 3.75. The summed E-state index contributed by atoms with van der Waals surface area (Å²) in [7, 11) is 0. The lowest BCUT2D eigenvalue weighted by atomic mass is 9.98. The molecule has 0 atom stereocenters. The molecule has 1 aliphatic heterocycles. The van der Waals surface area contributed by atoms with Gasteiger partial charge in [0.15, 0.2) is 11.6 Å². The van der Waals surface area contributed by atoms with Crippen molar-refractivity contribution >= 4 is 11.6 Å². The largest absolute Gasteiger partial charge is 0.299 e. The van der Waals surface area contributed by atoms with E-state index >= 15 is 0 Å². The Balaban J connectivity index is 1.91. The van der Waals surface area contributed by atoms with Crippen LogP contribution in [0.2, 0.25) is 0 Å². The Hall–Kier alpha value is -0.670. The van der Waals surface area contributed by atoms with Gasteiger partial charge in [-0.05, 0) is 49.5 Å². The molecular formula is C13H16ClF2N. The Bertz CT molecular complexity index is 376. The van der Waals surface area contributed by atoms with Crippen molar-refractivity contribution < 1.29 is 8.78 Å². The summed E-state index contributed by atoms with van der Waals surface area (Å²) in [5.74, 6) is -0.218. The fourth-order valence-corrected chi connectivity index (χ4v) is 2.50. The minimum atomic E-state index is -0.783. The fourth-order valence-electron chi connectivity index (χ4n) is 2.20. The fraction of sp³-hybridized carbons (Fsp3) is 0.538. The van der Waals surface area contributed by atoms with Gasteiger partial charge in [0.1, 0.15) is 0 Å². The van der Waals surface area contributed by atoms with E-state index < -0.39 is 11.6 Å². The number of hydrogen-bond donors (Lipinski definition) is 0. The van der Waals surface area contributed by atoms with Crippen LogP contribution in [-0.4, -0.2) is 23.9 Å². The number of benzene rings is 1. The maximum Gasteiger partial charge on any atom is 0.159 e. The van der Waals surface area contributed by atoms with Gasteiger partial charge in [0.05, 0.1) is 0 Å². The monoisotopic (exact) mass is 259 g/mol. The molecule has 0 bridgehead atoms. The van der Waals surface area contributed by atoms with Gasteiger partial charge in [0.25, 0.3) is 0 Å². The molecule has 2 rings (SSSR count). The molecule has 1 fully saturated rings. The summed E-state index contributed by atoms with van der Waals surface area (Å²) in [5.41, 5.74) is 0.827.